The van der Waals surface area contributed by atoms with E-state index in [2.05, 4.69) is 10.6 Å². The van der Waals surface area contributed by atoms with Gasteiger partial charge < -0.3 is 10.6 Å². The molecule has 104 valence electrons. The highest BCUT2D eigenvalue weighted by Gasteiger charge is 2.34. The predicted octanol–water partition coefficient (Wildman–Crippen LogP) is 2.16. The zero-order valence-electron chi connectivity index (χ0n) is 11.0. The number of fused-ring (bicyclic) bond motifs is 2. The minimum absolute atomic E-state index is 0.108. The van der Waals surface area contributed by atoms with E-state index in [1.165, 1.54) is 18.9 Å². The van der Waals surface area contributed by atoms with Gasteiger partial charge in [-0.15, -0.1) is 0 Å². The smallest absolute Gasteiger partial charge is 0.309 e. The van der Waals surface area contributed by atoms with Crippen molar-refractivity contribution in [2.75, 3.05) is 5.32 Å². The van der Waals surface area contributed by atoms with Crippen LogP contribution in [-0.4, -0.2) is 23.0 Å². The van der Waals surface area contributed by atoms with E-state index in [4.69, 9.17) is 5.26 Å². The third-order valence-electron chi connectivity index (χ3n) is 4.17. The summed E-state index contributed by atoms with van der Waals surface area (Å²) in [5.41, 5.74) is 0.457. The molecule has 2 saturated heterocycles. The van der Waals surface area contributed by atoms with E-state index in [1.807, 2.05) is 6.07 Å². The third-order valence-corrected chi connectivity index (χ3v) is 4.17. The number of piperidine rings is 1. The topological polar surface area (TPSA) is 91.0 Å². The van der Waals surface area contributed by atoms with E-state index >= 15 is 0 Å². The lowest BCUT2D eigenvalue weighted by Crippen LogP contribution is -2.43. The highest BCUT2D eigenvalue weighted by atomic mass is 16.6. The van der Waals surface area contributed by atoms with Crippen LogP contribution in [0, 0.1) is 21.4 Å². The zero-order chi connectivity index (χ0) is 14.1. The number of benzene rings is 1. The fraction of sp³-hybridized carbons (Fsp3) is 0.500. The summed E-state index contributed by atoms with van der Waals surface area (Å²) in [5.74, 6) is 0. The molecule has 6 heteroatoms. The van der Waals surface area contributed by atoms with Gasteiger partial charge in [-0.2, -0.15) is 5.26 Å². The molecule has 2 heterocycles. The Labute approximate surface area is 116 Å². The number of nitrogens with one attached hydrogen (secondary N) is 2. The van der Waals surface area contributed by atoms with Gasteiger partial charge in [-0.3, -0.25) is 10.1 Å². The van der Waals surface area contributed by atoms with Crippen LogP contribution in [0.5, 0.6) is 0 Å². The second-order valence-electron chi connectivity index (χ2n) is 5.52. The van der Waals surface area contributed by atoms with Crippen molar-refractivity contribution >= 4 is 11.4 Å². The molecule has 0 aliphatic carbocycles. The number of hydrogen-bond donors (Lipinski definition) is 2. The first-order chi connectivity index (χ1) is 9.67. The van der Waals surface area contributed by atoms with E-state index in [9.17, 15) is 10.1 Å². The number of nitro benzene ring substituents is 1. The van der Waals surface area contributed by atoms with Crippen molar-refractivity contribution in [3.05, 3.63) is 33.9 Å². The van der Waals surface area contributed by atoms with Gasteiger partial charge >= 0.3 is 5.69 Å². The van der Waals surface area contributed by atoms with Crippen molar-refractivity contribution in [2.45, 2.75) is 43.8 Å². The van der Waals surface area contributed by atoms with Crippen molar-refractivity contribution in [2.24, 2.45) is 0 Å². The van der Waals surface area contributed by atoms with E-state index in [0.717, 1.165) is 12.8 Å². The summed E-state index contributed by atoms with van der Waals surface area (Å²) in [6.45, 7) is 0. The molecular weight excluding hydrogens is 256 g/mol. The van der Waals surface area contributed by atoms with Gasteiger partial charge in [0.1, 0.15) is 17.3 Å². The van der Waals surface area contributed by atoms with Crippen LogP contribution in [0.1, 0.15) is 31.2 Å². The first-order valence-corrected chi connectivity index (χ1v) is 6.87. The summed E-state index contributed by atoms with van der Waals surface area (Å²) in [6.07, 6.45) is 4.32. The molecular formula is C14H16N4O2. The molecule has 0 aromatic heterocycles. The average Bonchev–Trinajstić information content (AvgIpc) is 2.77. The first kappa shape index (κ1) is 12.9. The van der Waals surface area contributed by atoms with Crippen LogP contribution in [-0.2, 0) is 0 Å². The number of nitriles is 1. The monoisotopic (exact) mass is 272 g/mol. The summed E-state index contributed by atoms with van der Waals surface area (Å²) < 4.78 is 0. The van der Waals surface area contributed by atoms with Gasteiger partial charge in [-0.05, 0) is 37.8 Å². The molecule has 0 radical (unpaired) electrons. The maximum Gasteiger partial charge on any atom is 0.309 e. The highest BCUT2D eigenvalue weighted by Crippen LogP contribution is 2.33. The largest absolute Gasteiger partial charge is 0.377 e. The van der Waals surface area contributed by atoms with Crippen LogP contribution in [0.25, 0.3) is 0 Å². The zero-order valence-corrected chi connectivity index (χ0v) is 11.0. The minimum Gasteiger partial charge on any atom is -0.377 e. The van der Waals surface area contributed by atoms with Crippen LogP contribution >= 0.6 is 0 Å². The molecule has 1 aromatic rings. The van der Waals surface area contributed by atoms with Gasteiger partial charge in [0.2, 0.25) is 0 Å². The summed E-state index contributed by atoms with van der Waals surface area (Å²) in [7, 11) is 0. The first-order valence-electron chi connectivity index (χ1n) is 6.87. The lowest BCUT2D eigenvalue weighted by atomic mass is 9.99. The van der Waals surface area contributed by atoms with Gasteiger partial charge in [0.05, 0.1) is 4.92 Å². The number of para-hydroxylation sites is 1. The van der Waals surface area contributed by atoms with Crippen LogP contribution in [0.4, 0.5) is 11.4 Å². The molecule has 2 fully saturated rings. The Bertz CT molecular complexity index is 569. The van der Waals surface area contributed by atoms with Crippen molar-refractivity contribution < 1.29 is 4.92 Å². The van der Waals surface area contributed by atoms with Gasteiger partial charge in [0.25, 0.3) is 0 Å². The maximum atomic E-state index is 11.2. The highest BCUT2D eigenvalue weighted by molar-refractivity contribution is 5.68. The summed E-state index contributed by atoms with van der Waals surface area (Å²) >= 11 is 0. The molecule has 2 aliphatic rings. The molecule has 20 heavy (non-hydrogen) atoms. The Morgan fingerprint density at radius 2 is 2.05 bits per heavy atom. The van der Waals surface area contributed by atoms with Crippen molar-refractivity contribution in [1.82, 2.24) is 5.32 Å². The molecule has 1 aromatic carbocycles. The maximum absolute atomic E-state index is 11.2. The Hall–Kier alpha value is -2.13. The third kappa shape index (κ3) is 2.32. The Kier molecular flexibility index (Phi) is 3.28. The van der Waals surface area contributed by atoms with Gasteiger partial charge in [0.15, 0.2) is 0 Å². The summed E-state index contributed by atoms with van der Waals surface area (Å²) in [6, 6.07) is 8.01. The van der Waals surface area contributed by atoms with Crippen molar-refractivity contribution in [1.29, 1.82) is 5.26 Å². The van der Waals surface area contributed by atoms with E-state index in [0.29, 0.717) is 17.8 Å². The molecule has 2 unspecified atom stereocenters. The fourth-order valence-corrected chi connectivity index (χ4v) is 3.34. The number of rotatable bonds is 3. The fourth-order valence-electron chi connectivity index (χ4n) is 3.34. The lowest BCUT2D eigenvalue weighted by molar-refractivity contribution is -0.384. The predicted molar refractivity (Wildman–Crippen MR) is 74.4 cm³/mol. The van der Waals surface area contributed by atoms with Crippen molar-refractivity contribution in [3.8, 4) is 6.07 Å². The molecule has 0 spiro atoms. The molecule has 2 aliphatic heterocycles. The van der Waals surface area contributed by atoms with E-state index in [-0.39, 0.29) is 17.3 Å². The molecule has 3 rings (SSSR count). The minimum atomic E-state index is -0.476. The lowest BCUT2D eigenvalue weighted by Gasteiger charge is -2.30. The molecule has 2 N–H and O–H groups in total. The number of nitro groups is 1. The average molecular weight is 272 g/mol. The number of nitrogens with zero attached hydrogens (tertiary/aromatic N) is 2. The molecule has 2 atom stereocenters. The Balaban J connectivity index is 1.84. The molecule has 2 bridgehead atoms. The molecule has 0 amide bonds. The van der Waals surface area contributed by atoms with Gasteiger partial charge in [-0.25, -0.2) is 0 Å². The summed E-state index contributed by atoms with van der Waals surface area (Å²) in [5, 5.41) is 27.0. The van der Waals surface area contributed by atoms with Crippen LogP contribution in [0.15, 0.2) is 18.2 Å². The quantitative estimate of drug-likeness (QED) is 0.650. The van der Waals surface area contributed by atoms with Crippen LogP contribution < -0.4 is 10.6 Å². The second kappa shape index (κ2) is 5.10. The van der Waals surface area contributed by atoms with E-state index in [1.54, 1.807) is 12.1 Å². The molecule has 0 saturated carbocycles. The Morgan fingerprint density at radius 1 is 1.35 bits per heavy atom. The van der Waals surface area contributed by atoms with Crippen molar-refractivity contribution in [3.63, 3.8) is 0 Å². The SMILES string of the molecule is N#Cc1cccc(NC2CC3CCC(C2)N3)c1[N+](=O)[O-]. The number of hydrogen-bond acceptors (Lipinski definition) is 5. The number of anilines is 1. The van der Waals surface area contributed by atoms with Crippen LogP contribution in [0.3, 0.4) is 0 Å². The summed E-state index contributed by atoms with van der Waals surface area (Å²) in [4.78, 5) is 10.7. The normalized spacial score (nSPS) is 27.9. The Morgan fingerprint density at radius 3 is 2.65 bits per heavy atom. The van der Waals surface area contributed by atoms with Gasteiger partial charge in [-0.1, -0.05) is 6.07 Å². The molecule has 6 nitrogen and oxygen atoms in total. The van der Waals surface area contributed by atoms with Gasteiger partial charge in [0, 0.05) is 18.1 Å². The van der Waals surface area contributed by atoms with E-state index < -0.39 is 4.92 Å². The van der Waals surface area contributed by atoms with Crippen LogP contribution in [0.2, 0.25) is 0 Å². The second-order valence-corrected chi connectivity index (χ2v) is 5.52. The standard InChI is InChI=1S/C14H16N4O2/c15-8-9-2-1-3-13(14(9)18(19)20)17-12-6-10-4-5-11(7-12)16-10/h1-3,10-12,16-17H,4-7H2.